The van der Waals surface area contributed by atoms with Crippen LogP contribution in [0.4, 0.5) is 0 Å². The molecule has 5 nitrogen and oxygen atoms in total. The highest BCUT2D eigenvalue weighted by Gasteiger charge is 2.30. The first-order valence-corrected chi connectivity index (χ1v) is 7.25. The zero-order valence-corrected chi connectivity index (χ0v) is 12.3. The van der Waals surface area contributed by atoms with Crippen molar-refractivity contribution in [2.24, 2.45) is 0 Å². The number of nitrogens with zero attached hydrogens (tertiary/aromatic N) is 3. The molecule has 3 rings (SSSR count). The second kappa shape index (κ2) is 5.14. The van der Waals surface area contributed by atoms with Gasteiger partial charge in [0, 0.05) is 18.8 Å². The van der Waals surface area contributed by atoms with Crippen LogP contribution in [-0.2, 0) is 4.74 Å². The van der Waals surface area contributed by atoms with E-state index >= 15 is 0 Å². The predicted octanol–water partition coefficient (Wildman–Crippen LogP) is 2.34. The first-order valence-electron chi connectivity index (χ1n) is 7.25. The highest BCUT2D eigenvalue weighted by Crippen LogP contribution is 2.25. The molecule has 108 valence electrons. The molecule has 2 aromatic rings. The zero-order chi connectivity index (χ0) is 14.2. The summed E-state index contributed by atoms with van der Waals surface area (Å²) >= 11 is 0. The Morgan fingerprint density at radius 1 is 1.40 bits per heavy atom. The number of aromatic nitrogens is 3. The van der Waals surface area contributed by atoms with Crippen molar-refractivity contribution >= 4 is 5.65 Å². The third-order valence-corrected chi connectivity index (χ3v) is 3.91. The van der Waals surface area contributed by atoms with Gasteiger partial charge in [-0.1, -0.05) is 6.07 Å². The van der Waals surface area contributed by atoms with Gasteiger partial charge in [-0.25, -0.2) is 0 Å². The summed E-state index contributed by atoms with van der Waals surface area (Å²) in [6.07, 6.45) is 4.08. The molecule has 1 aliphatic rings. The molecule has 0 aliphatic carbocycles. The molecule has 2 aromatic heterocycles. The Morgan fingerprint density at radius 2 is 2.25 bits per heavy atom. The molecule has 1 aliphatic heterocycles. The van der Waals surface area contributed by atoms with E-state index in [2.05, 4.69) is 36.3 Å². The van der Waals surface area contributed by atoms with Gasteiger partial charge in [0.05, 0.1) is 11.6 Å². The minimum Gasteiger partial charge on any atom is -0.375 e. The average molecular weight is 274 g/mol. The minimum atomic E-state index is -0.0391. The Kier molecular flexibility index (Phi) is 3.48. The predicted molar refractivity (Wildman–Crippen MR) is 77.6 cm³/mol. The summed E-state index contributed by atoms with van der Waals surface area (Å²) in [7, 11) is 0. The van der Waals surface area contributed by atoms with Crippen LogP contribution in [-0.4, -0.2) is 32.8 Å². The van der Waals surface area contributed by atoms with Crippen molar-refractivity contribution in [1.82, 2.24) is 19.9 Å². The van der Waals surface area contributed by atoms with Crippen LogP contribution in [0.2, 0.25) is 0 Å². The number of hydrogen-bond donors (Lipinski definition) is 1. The maximum Gasteiger partial charge on any atom is 0.160 e. The van der Waals surface area contributed by atoms with Crippen LogP contribution in [0.15, 0.2) is 24.4 Å². The SMILES string of the molecule is CC(NC1CCOC(C)(C)C1)c1nnc2ccccn12. The molecule has 20 heavy (non-hydrogen) atoms. The van der Waals surface area contributed by atoms with Crippen molar-refractivity contribution in [3.63, 3.8) is 0 Å². The third kappa shape index (κ3) is 2.69. The quantitative estimate of drug-likeness (QED) is 0.933. The summed E-state index contributed by atoms with van der Waals surface area (Å²) in [6, 6.07) is 6.59. The highest BCUT2D eigenvalue weighted by molar-refractivity contribution is 5.37. The van der Waals surface area contributed by atoms with Gasteiger partial charge in [0.25, 0.3) is 0 Å². The van der Waals surface area contributed by atoms with E-state index in [4.69, 9.17) is 4.74 Å². The van der Waals surface area contributed by atoms with Crippen LogP contribution in [0.1, 0.15) is 45.5 Å². The summed E-state index contributed by atoms with van der Waals surface area (Å²) in [6.45, 7) is 7.26. The fourth-order valence-corrected chi connectivity index (χ4v) is 2.96. The van der Waals surface area contributed by atoms with Crippen LogP contribution in [0, 0.1) is 0 Å². The first kappa shape index (κ1) is 13.5. The van der Waals surface area contributed by atoms with Gasteiger partial charge in [-0.3, -0.25) is 4.40 Å². The second-order valence-corrected chi connectivity index (χ2v) is 6.17. The Hall–Kier alpha value is -1.46. The van der Waals surface area contributed by atoms with Gasteiger partial charge in [-0.05, 0) is 45.7 Å². The number of rotatable bonds is 3. The summed E-state index contributed by atoms with van der Waals surface area (Å²) in [5.41, 5.74) is 0.853. The van der Waals surface area contributed by atoms with Gasteiger partial charge < -0.3 is 10.1 Å². The zero-order valence-electron chi connectivity index (χ0n) is 12.3. The Bertz CT molecular complexity index is 592. The van der Waals surface area contributed by atoms with Crippen molar-refractivity contribution in [2.45, 2.75) is 51.3 Å². The van der Waals surface area contributed by atoms with Crippen LogP contribution in [0.5, 0.6) is 0 Å². The first-order chi connectivity index (χ1) is 9.55. The smallest absolute Gasteiger partial charge is 0.160 e. The molecule has 0 amide bonds. The fourth-order valence-electron chi connectivity index (χ4n) is 2.96. The molecule has 2 atom stereocenters. The van der Waals surface area contributed by atoms with E-state index < -0.39 is 0 Å². The molecule has 5 heteroatoms. The van der Waals surface area contributed by atoms with Crippen molar-refractivity contribution in [3.05, 3.63) is 30.2 Å². The maximum absolute atomic E-state index is 5.76. The molecule has 0 spiro atoms. The molecule has 1 saturated heterocycles. The summed E-state index contributed by atoms with van der Waals surface area (Å²) in [5, 5.41) is 12.2. The van der Waals surface area contributed by atoms with E-state index in [1.54, 1.807) is 0 Å². The van der Waals surface area contributed by atoms with Crippen LogP contribution in [0.3, 0.4) is 0 Å². The van der Waals surface area contributed by atoms with Crippen molar-refractivity contribution < 1.29 is 4.74 Å². The third-order valence-electron chi connectivity index (χ3n) is 3.91. The van der Waals surface area contributed by atoms with Gasteiger partial charge in [0.15, 0.2) is 11.5 Å². The number of pyridine rings is 1. The van der Waals surface area contributed by atoms with Crippen LogP contribution < -0.4 is 5.32 Å². The topological polar surface area (TPSA) is 51.5 Å². The highest BCUT2D eigenvalue weighted by atomic mass is 16.5. The molecular weight excluding hydrogens is 252 g/mol. The lowest BCUT2D eigenvalue weighted by Gasteiger charge is -2.37. The van der Waals surface area contributed by atoms with E-state index in [0.717, 1.165) is 30.9 Å². The molecule has 1 fully saturated rings. The number of nitrogens with one attached hydrogen (secondary N) is 1. The van der Waals surface area contributed by atoms with E-state index in [1.165, 1.54) is 0 Å². The number of ether oxygens (including phenoxy) is 1. The molecule has 3 heterocycles. The normalized spacial score (nSPS) is 23.9. The fraction of sp³-hybridized carbons (Fsp3) is 0.600. The van der Waals surface area contributed by atoms with E-state index in [-0.39, 0.29) is 11.6 Å². The summed E-state index contributed by atoms with van der Waals surface area (Å²) in [4.78, 5) is 0. The maximum atomic E-state index is 5.76. The molecule has 2 unspecified atom stereocenters. The van der Waals surface area contributed by atoms with Gasteiger partial charge in [0.1, 0.15) is 0 Å². The number of fused-ring (bicyclic) bond motifs is 1. The van der Waals surface area contributed by atoms with Crippen LogP contribution >= 0.6 is 0 Å². The monoisotopic (exact) mass is 274 g/mol. The molecular formula is C15H22N4O. The largest absolute Gasteiger partial charge is 0.375 e. The van der Waals surface area contributed by atoms with Crippen molar-refractivity contribution in [2.75, 3.05) is 6.61 Å². The number of hydrogen-bond acceptors (Lipinski definition) is 4. The standard InChI is InChI=1S/C15H22N4O/c1-11(16-12-7-9-20-15(2,3)10-12)14-18-17-13-6-4-5-8-19(13)14/h4-6,8,11-12,16H,7,9-10H2,1-3H3. The molecule has 0 bridgehead atoms. The molecule has 0 aromatic carbocycles. The molecule has 0 radical (unpaired) electrons. The van der Waals surface area contributed by atoms with E-state index in [1.807, 2.05) is 28.8 Å². The van der Waals surface area contributed by atoms with E-state index in [9.17, 15) is 0 Å². The van der Waals surface area contributed by atoms with Gasteiger partial charge in [0.2, 0.25) is 0 Å². The van der Waals surface area contributed by atoms with E-state index in [0.29, 0.717) is 6.04 Å². The molecule has 1 N–H and O–H groups in total. The molecule has 0 saturated carbocycles. The van der Waals surface area contributed by atoms with Gasteiger partial charge in [-0.15, -0.1) is 10.2 Å². The summed E-state index contributed by atoms with van der Waals surface area (Å²) < 4.78 is 7.81. The Balaban J connectivity index is 1.74. The lowest BCUT2D eigenvalue weighted by atomic mass is 9.93. The average Bonchev–Trinajstić information content (AvgIpc) is 2.81. The lowest BCUT2D eigenvalue weighted by Crippen LogP contribution is -2.44. The van der Waals surface area contributed by atoms with Gasteiger partial charge in [-0.2, -0.15) is 0 Å². The minimum absolute atomic E-state index is 0.0391. The van der Waals surface area contributed by atoms with Gasteiger partial charge >= 0.3 is 0 Å². The van der Waals surface area contributed by atoms with Crippen molar-refractivity contribution in [1.29, 1.82) is 0 Å². The Labute approximate surface area is 119 Å². The summed E-state index contributed by atoms with van der Waals surface area (Å²) in [5.74, 6) is 0.963. The second-order valence-electron chi connectivity index (χ2n) is 6.17. The van der Waals surface area contributed by atoms with Crippen molar-refractivity contribution in [3.8, 4) is 0 Å². The lowest BCUT2D eigenvalue weighted by molar-refractivity contribution is -0.0641. The van der Waals surface area contributed by atoms with Crippen LogP contribution in [0.25, 0.3) is 5.65 Å². The Morgan fingerprint density at radius 3 is 3.05 bits per heavy atom.